The van der Waals surface area contributed by atoms with Gasteiger partial charge in [-0.15, -0.1) is 0 Å². The molecule has 0 saturated heterocycles. The predicted molar refractivity (Wildman–Crippen MR) is 58.8 cm³/mol. The lowest BCUT2D eigenvalue weighted by molar-refractivity contribution is 0.555. The summed E-state index contributed by atoms with van der Waals surface area (Å²) in [6.07, 6.45) is 0. The molecule has 0 aliphatic carbocycles. The Bertz CT molecular complexity index is 707. The maximum atomic E-state index is 11.0. The van der Waals surface area contributed by atoms with Gasteiger partial charge in [-0.25, -0.2) is 4.79 Å². The van der Waals surface area contributed by atoms with Crippen molar-refractivity contribution >= 4 is 16.9 Å². The number of hydrogen-bond acceptors (Lipinski definition) is 4. The van der Waals surface area contributed by atoms with E-state index >= 15 is 0 Å². The summed E-state index contributed by atoms with van der Waals surface area (Å²) in [6.45, 7) is 0. The first kappa shape index (κ1) is 8.78. The normalized spacial score (nSPS) is 11.0. The minimum Gasteiger partial charge on any atom is -0.408 e. The number of aromatic amines is 2. The molecule has 0 amide bonds. The smallest absolute Gasteiger partial charge is 0.408 e. The van der Waals surface area contributed by atoms with E-state index in [9.17, 15) is 4.79 Å². The average molecular weight is 216 g/mol. The third kappa shape index (κ3) is 1.28. The molecule has 0 spiro atoms. The van der Waals surface area contributed by atoms with Crippen LogP contribution in [0.2, 0.25) is 0 Å². The predicted octanol–water partition coefficient (Wildman–Crippen LogP) is 1.09. The van der Waals surface area contributed by atoms with Crippen LogP contribution in [-0.2, 0) is 0 Å². The van der Waals surface area contributed by atoms with Gasteiger partial charge in [0, 0.05) is 11.6 Å². The molecule has 6 heteroatoms. The minimum atomic E-state index is -0.462. The molecule has 3 rings (SSSR count). The number of nitrogens with zero attached hydrogens (tertiary/aromatic N) is 1. The number of benzene rings is 1. The van der Waals surface area contributed by atoms with E-state index in [2.05, 4.69) is 15.2 Å². The molecular weight excluding hydrogens is 208 g/mol. The van der Waals surface area contributed by atoms with Crippen LogP contribution < -0.4 is 11.5 Å². The van der Waals surface area contributed by atoms with Crippen molar-refractivity contribution in [2.75, 3.05) is 5.73 Å². The summed E-state index contributed by atoms with van der Waals surface area (Å²) < 4.78 is 4.90. The van der Waals surface area contributed by atoms with Gasteiger partial charge in [0.05, 0.1) is 11.2 Å². The lowest BCUT2D eigenvalue weighted by Crippen LogP contribution is -1.92. The molecule has 2 heterocycles. The number of rotatable bonds is 1. The number of hydrogen-bond donors (Lipinski definition) is 3. The topological polar surface area (TPSA) is 101 Å². The highest BCUT2D eigenvalue weighted by Crippen LogP contribution is 2.22. The largest absolute Gasteiger partial charge is 0.417 e. The van der Waals surface area contributed by atoms with Gasteiger partial charge >= 0.3 is 5.76 Å². The minimum absolute atomic E-state index is 0.427. The van der Waals surface area contributed by atoms with Crippen LogP contribution in [0.5, 0.6) is 0 Å². The number of fused-ring (bicyclic) bond motifs is 1. The van der Waals surface area contributed by atoms with E-state index in [1.54, 1.807) is 18.2 Å². The summed E-state index contributed by atoms with van der Waals surface area (Å²) in [6, 6.07) is 7.07. The Hall–Kier alpha value is -2.50. The fourth-order valence-corrected chi connectivity index (χ4v) is 1.60. The number of H-pyrrole nitrogens is 2. The standard InChI is InChI=1S/C10H8N4O2/c11-9-4-6(13-14-9)5-1-2-8-7(3-5)12-10(15)16-8/h1-4H,(H,12,15)(H3,11,13,14). The van der Waals surface area contributed by atoms with E-state index < -0.39 is 5.76 Å². The maximum Gasteiger partial charge on any atom is 0.417 e. The van der Waals surface area contributed by atoms with E-state index in [4.69, 9.17) is 10.2 Å². The van der Waals surface area contributed by atoms with Crippen LogP contribution in [0.4, 0.5) is 5.82 Å². The van der Waals surface area contributed by atoms with E-state index in [-0.39, 0.29) is 0 Å². The van der Waals surface area contributed by atoms with Crippen molar-refractivity contribution in [1.82, 2.24) is 15.2 Å². The monoisotopic (exact) mass is 216 g/mol. The second-order valence-electron chi connectivity index (χ2n) is 3.43. The number of nitrogens with one attached hydrogen (secondary N) is 2. The Morgan fingerprint density at radius 1 is 1.31 bits per heavy atom. The third-order valence-electron chi connectivity index (χ3n) is 2.33. The second kappa shape index (κ2) is 2.99. The number of aromatic nitrogens is 3. The molecule has 80 valence electrons. The van der Waals surface area contributed by atoms with Crippen molar-refractivity contribution in [3.63, 3.8) is 0 Å². The maximum absolute atomic E-state index is 11.0. The molecule has 0 fully saturated rings. The average Bonchev–Trinajstić information content (AvgIpc) is 2.81. The molecule has 4 N–H and O–H groups in total. The molecule has 0 aliphatic rings. The van der Waals surface area contributed by atoms with Gasteiger partial charge in [-0.3, -0.25) is 10.1 Å². The Labute approximate surface area is 89.1 Å². The SMILES string of the molecule is Nc1cc(-c2ccc3oc(=O)[nH]c3c2)[nH]n1. The Morgan fingerprint density at radius 2 is 2.19 bits per heavy atom. The number of oxazole rings is 1. The van der Waals surface area contributed by atoms with Gasteiger partial charge in [0.15, 0.2) is 5.58 Å². The van der Waals surface area contributed by atoms with Gasteiger partial charge in [0.2, 0.25) is 0 Å². The van der Waals surface area contributed by atoms with Gasteiger partial charge in [-0.05, 0) is 18.2 Å². The first-order chi connectivity index (χ1) is 7.72. The van der Waals surface area contributed by atoms with Crippen molar-refractivity contribution in [3.05, 3.63) is 34.8 Å². The van der Waals surface area contributed by atoms with Gasteiger partial charge in [0.25, 0.3) is 0 Å². The van der Waals surface area contributed by atoms with Crippen molar-refractivity contribution in [2.24, 2.45) is 0 Å². The molecule has 6 nitrogen and oxygen atoms in total. The zero-order valence-corrected chi connectivity index (χ0v) is 8.15. The zero-order chi connectivity index (χ0) is 11.1. The molecule has 0 aliphatic heterocycles. The Kier molecular flexibility index (Phi) is 1.64. The van der Waals surface area contributed by atoms with Crippen LogP contribution in [0.1, 0.15) is 0 Å². The molecule has 0 saturated carbocycles. The van der Waals surface area contributed by atoms with Crippen LogP contribution in [0.3, 0.4) is 0 Å². The van der Waals surface area contributed by atoms with E-state index in [1.165, 1.54) is 0 Å². The Morgan fingerprint density at radius 3 is 2.94 bits per heavy atom. The summed E-state index contributed by atoms with van der Waals surface area (Å²) in [5, 5.41) is 6.63. The van der Waals surface area contributed by atoms with Gasteiger partial charge in [-0.2, -0.15) is 5.10 Å². The Balaban J connectivity index is 2.21. The molecule has 0 atom stereocenters. The molecule has 16 heavy (non-hydrogen) atoms. The molecular formula is C10H8N4O2. The molecule has 3 aromatic rings. The van der Waals surface area contributed by atoms with Gasteiger partial charge in [-0.1, -0.05) is 0 Å². The van der Waals surface area contributed by atoms with E-state index in [1.807, 2.05) is 6.07 Å². The summed E-state index contributed by atoms with van der Waals surface area (Å²) in [5.74, 6) is -0.0351. The number of nitrogen functional groups attached to an aromatic ring is 1. The first-order valence-corrected chi connectivity index (χ1v) is 4.66. The summed E-state index contributed by atoms with van der Waals surface area (Å²) in [4.78, 5) is 13.6. The van der Waals surface area contributed by atoms with Crippen molar-refractivity contribution in [2.45, 2.75) is 0 Å². The molecule has 2 aromatic heterocycles. The first-order valence-electron chi connectivity index (χ1n) is 4.66. The highest BCUT2D eigenvalue weighted by atomic mass is 16.4. The molecule has 1 aromatic carbocycles. The van der Waals surface area contributed by atoms with Crippen LogP contribution in [0.25, 0.3) is 22.4 Å². The van der Waals surface area contributed by atoms with E-state index in [0.717, 1.165) is 11.3 Å². The fourth-order valence-electron chi connectivity index (χ4n) is 1.60. The quantitative estimate of drug-likeness (QED) is 0.566. The zero-order valence-electron chi connectivity index (χ0n) is 8.15. The summed E-state index contributed by atoms with van der Waals surface area (Å²) in [5.41, 5.74) is 8.37. The van der Waals surface area contributed by atoms with Crippen molar-refractivity contribution in [3.8, 4) is 11.3 Å². The third-order valence-corrected chi connectivity index (χ3v) is 2.33. The highest BCUT2D eigenvalue weighted by molar-refractivity contribution is 5.79. The second-order valence-corrected chi connectivity index (χ2v) is 3.43. The van der Waals surface area contributed by atoms with Gasteiger partial charge < -0.3 is 10.2 Å². The number of anilines is 1. The van der Waals surface area contributed by atoms with Crippen molar-refractivity contribution in [1.29, 1.82) is 0 Å². The van der Waals surface area contributed by atoms with E-state index in [0.29, 0.717) is 16.9 Å². The van der Waals surface area contributed by atoms with Crippen molar-refractivity contribution < 1.29 is 4.42 Å². The summed E-state index contributed by atoms with van der Waals surface area (Å²) in [7, 11) is 0. The summed E-state index contributed by atoms with van der Waals surface area (Å²) >= 11 is 0. The molecule has 0 bridgehead atoms. The van der Waals surface area contributed by atoms with Crippen LogP contribution in [0, 0.1) is 0 Å². The van der Waals surface area contributed by atoms with Crippen LogP contribution in [0.15, 0.2) is 33.5 Å². The number of nitrogens with two attached hydrogens (primary N) is 1. The highest BCUT2D eigenvalue weighted by Gasteiger charge is 2.05. The lowest BCUT2D eigenvalue weighted by Gasteiger charge is -1.95. The molecule has 0 radical (unpaired) electrons. The van der Waals surface area contributed by atoms with Crippen LogP contribution in [-0.4, -0.2) is 15.2 Å². The van der Waals surface area contributed by atoms with Crippen LogP contribution >= 0.6 is 0 Å². The lowest BCUT2D eigenvalue weighted by atomic mass is 10.1. The van der Waals surface area contributed by atoms with Gasteiger partial charge in [0.1, 0.15) is 5.82 Å². The fraction of sp³-hybridized carbons (Fsp3) is 0. The molecule has 0 unspecified atom stereocenters.